The van der Waals surface area contributed by atoms with Crippen molar-refractivity contribution in [2.45, 2.75) is 12.2 Å². The fourth-order valence-electron chi connectivity index (χ4n) is 2.96. The van der Waals surface area contributed by atoms with Gasteiger partial charge in [-0.2, -0.15) is 0 Å². The minimum Gasteiger partial charge on any atom is -0.480 e. The summed E-state index contributed by atoms with van der Waals surface area (Å²) >= 11 is 5.90. The third kappa shape index (κ3) is 6.99. The third-order valence-electron chi connectivity index (χ3n) is 4.31. The van der Waals surface area contributed by atoms with Crippen LogP contribution < -0.4 is 5.32 Å². The number of hydrogen-bond donors (Lipinski definition) is 2. The minimum absolute atomic E-state index is 0.0668. The number of morpholine rings is 1. The van der Waals surface area contributed by atoms with Gasteiger partial charge in [0.05, 0.1) is 25.4 Å². The first-order valence-electron chi connectivity index (χ1n) is 8.72. The summed E-state index contributed by atoms with van der Waals surface area (Å²) in [5.74, 6) is -0.893. The lowest BCUT2D eigenvalue weighted by Crippen LogP contribution is -2.52. The number of aliphatic carboxylic acids is 1. The fourth-order valence-corrected chi connectivity index (χ4v) is 3.09. The predicted molar refractivity (Wildman–Crippen MR) is 101 cm³/mol. The summed E-state index contributed by atoms with van der Waals surface area (Å²) in [5, 5.41) is 12.4. The predicted octanol–water partition coefficient (Wildman–Crippen LogP) is 1.45. The van der Waals surface area contributed by atoms with E-state index in [1.807, 2.05) is 12.1 Å². The highest BCUT2D eigenvalue weighted by molar-refractivity contribution is 6.30. The van der Waals surface area contributed by atoms with Crippen LogP contribution in [0.1, 0.15) is 11.7 Å². The first-order chi connectivity index (χ1) is 12.9. The van der Waals surface area contributed by atoms with Gasteiger partial charge in [0.2, 0.25) is 0 Å². The van der Waals surface area contributed by atoms with Gasteiger partial charge in [0, 0.05) is 38.3 Å². The lowest BCUT2D eigenvalue weighted by molar-refractivity contribution is -0.138. The van der Waals surface area contributed by atoms with Crippen molar-refractivity contribution in [2.75, 3.05) is 53.5 Å². The van der Waals surface area contributed by atoms with E-state index in [4.69, 9.17) is 26.2 Å². The molecule has 1 saturated heterocycles. The van der Waals surface area contributed by atoms with E-state index >= 15 is 0 Å². The van der Waals surface area contributed by atoms with Crippen LogP contribution >= 0.6 is 11.6 Å². The highest BCUT2D eigenvalue weighted by Crippen LogP contribution is 2.18. The van der Waals surface area contributed by atoms with Gasteiger partial charge in [-0.3, -0.25) is 9.69 Å². The smallest absolute Gasteiger partial charge is 0.317 e. The van der Waals surface area contributed by atoms with Gasteiger partial charge in [0.1, 0.15) is 0 Å². The third-order valence-corrected chi connectivity index (χ3v) is 4.56. The fraction of sp³-hybridized carbons (Fsp3) is 0.556. The second-order valence-corrected chi connectivity index (χ2v) is 6.93. The summed E-state index contributed by atoms with van der Waals surface area (Å²) in [7, 11) is 3.31. The zero-order valence-corrected chi connectivity index (χ0v) is 16.3. The number of carbonyl (C=O) groups is 2. The summed E-state index contributed by atoms with van der Waals surface area (Å²) in [5.41, 5.74) is 0.928. The van der Waals surface area contributed by atoms with Crippen LogP contribution in [0, 0.1) is 0 Å². The quantitative estimate of drug-likeness (QED) is 0.687. The molecular formula is C18H26ClN3O5. The molecule has 0 bridgehead atoms. The number of hydrogen-bond acceptors (Lipinski definition) is 5. The number of nitrogens with one attached hydrogen (secondary N) is 1. The van der Waals surface area contributed by atoms with E-state index in [0.717, 1.165) is 5.56 Å². The molecule has 1 fully saturated rings. The Morgan fingerprint density at radius 1 is 1.44 bits per heavy atom. The number of halogens is 1. The van der Waals surface area contributed by atoms with Gasteiger partial charge < -0.3 is 24.8 Å². The first-order valence-corrected chi connectivity index (χ1v) is 9.09. The second-order valence-electron chi connectivity index (χ2n) is 6.49. The largest absolute Gasteiger partial charge is 0.480 e. The Morgan fingerprint density at radius 2 is 2.15 bits per heavy atom. The average Bonchev–Trinajstić information content (AvgIpc) is 2.63. The Morgan fingerprint density at radius 3 is 2.78 bits per heavy atom. The van der Waals surface area contributed by atoms with Crippen LogP contribution in [0.4, 0.5) is 4.79 Å². The number of carboxylic acids is 1. The van der Waals surface area contributed by atoms with Crippen molar-refractivity contribution in [1.82, 2.24) is 15.1 Å². The van der Waals surface area contributed by atoms with E-state index in [2.05, 4.69) is 5.32 Å². The Balaban J connectivity index is 1.83. The Kier molecular flexibility index (Phi) is 8.30. The number of ether oxygens (including phenoxy) is 2. The van der Waals surface area contributed by atoms with Crippen molar-refractivity contribution < 1.29 is 24.2 Å². The van der Waals surface area contributed by atoms with E-state index in [0.29, 0.717) is 37.8 Å². The zero-order chi connectivity index (χ0) is 19.8. The van der Waals surface area contributed by atoms with E-state index in [-0.39, 0.29) is 24.8 Å². The highest BCUT2D eigenvalue weighted by atomic mass is 35.5. The van der Waals surface area contributed by atoms with Gasteiger partial charge in [-0.1, -0.05) is 23.7 Å². The van der Waals surface area contributed by atoms with Crippen LogP contribution in [0.15, 0.2) is 24.3 Å². The number of amides is 2. The molecule has 0 aromatic heterocycles. The summed E-state index contributed by atoms with van der Waals surface area (Å²) in [4.78, 5) is 26.6. The molecule has 150 valence electrons. The molecule has 0 spiro atoms. The molecule has 1 aliphatic heterocycles. The summed E-state index contributed by atoms with van der Waals surface area (Å²) in [6, 6.07) is 7.10. The van der Waals surface area contributed by atoms with Gasteiger partial charge in [0.15, 0.2) is 0 Å². The summed E-state index contributed by atoms with van der Waals surface area (Å²) in [6.45, 7) is 2.03. The molecule has 2 unspecified atom stereocenters. The van der Waals surface area contributed by atoms with Crippen LogP contribution in [0.3, 0.4) is 0 Å². The zero-order valence-electron chi connectivity index (χ0n) is 15.6. The number of methoxy groups -OCH3 is 1. The SMILES string of the molecule is COC(CNC(=O)N1CCOC(CN(C)CC(=O)O)C1)c1ccc(Cl)cc1. The molecule has 1 aromatic rings. The summed E-state index contributed by atoms with van der Waals surface area (Å²) in [6.07, 6.45) is -0.493. The van der Waals surface area contributed by atoms with Crippen molar-refractivity contribution in [1.29, 1.82) is 0 Å². The lowest BCUT2D eigenvalue weighted by atomic mass is 10.1. The van der Waals surface area contributed by atoms with Crippen LogP contribution in [0.25, 0.3) is 0 Å². The number of benzene rings is 1. The molecule has 2 rings (SSSR count). The highest BCUT2D eigenvalue weighted by Gasteiger charge is 2.26. The standard InChI is InChI=1S/C18H26ClN3O5/c1-21(12-17(23)24)10-15-11-22(7-8-27-15)18(25)20-9-16(26-2)13-3-5-14(19)6-4-13/h3-6,15-16H,7-12H2,1-2H3,(H,20,25)(H,23,24). The Labute approximate surface area is 164 Å². The van der Waals surface area contributed by atoms with Crippen LogP contribution in [0.5, 0.6) is 0 Å². The van der Waals surface area contributed by atoms with Crippen LogP contribution in [0.2, 0.25) is 5.02 Å². The van der Waals surface area contributed by atoms with Crippen molar-refractivity contribution in [2.24, 2.45) is 0 Å². The molecule has 9 heteroatoms. The van der Waals surface area contributed by atoms with Crippen molar-refractivity contribution in [3.8, 4) is 0 Å². The first kappa shape index (κ1) is 21.4. The molecular weight excluding hydrogens is 374 g/mol. The second kappa shape index (κ2) is 10.5. The molecule has 0 radical (unpaired) electrons. The van der Waals surface area contributed by atoms with Gasteiger partial charge in [-0.25, -0.2) is 4.79 Å². The topological polar surface area (TPSA) is 91.3 Å². The van der Waals surface area contributed by atoms with Gasteiger partial charge in [-0.05, 0) is 24.7 Å². The maximum atomic E-state index is 12.5. The molecule has 1 aliphatic rings. The van der Waals surface area contributed by atoms with Crippen molar-refractivity contribution >= 4 is 23.6 Å². The van der Waals surface area contributed by atoms with Gasteiger partial charge >= 0.3 is 12.0 Å². The maximum Gasteiger partial charge on any atom is 0.317 e. The van der Waals surface area contributed by atoms with Crippen molar-refractivity contribution in [3.63, 3.8) is 0 Å². The molecule has 0 saturated carbocycles. The van der Waals surface area contributed by atoms with Crippen LogP contribution in [-0.2, 0) is 14.3 Å². The molecule has 2 amide bonds. The van der Waals surface area contributed by atoms with E-state index in [9.17, 15) is 9.59 Å². The van der Waals surface area contributed by atoms with Gasteiger partial charge in [0.25, 0.3) is 0 Å². The molecule has 27 heavy (non-hydrogen) atoms. The normalized spacial score (nSPS) is 18.4. The Bertz CT molecular complexity index is 628. The van der Waals surface area contributed by atoms with E-state index in [1.54, 1.807) is 36.1 Å². The molecule has 1 heterocycles. The molecule has 8 nitrogen and oxygen atoms in total. The molecule has 2 N–H and O–H groups in total. The lowest BCUT2D eigenvalue weighted by Gasteiger charge is -2.34. The molecule has 0 aliphatic carbocycles. The van der Waals surface area contributed by atoms with E-state index < -0.39 is 5.97 Å². The molecule has 1 aromatic carbocycles. The minimum atomic E-state index is -0.893. The number of rotatable bonds is 8. The van der Waals surface area contributed by atoms with Gasteiger partial charge in [-0.15, -0.1) is 0 Å². The maximum absolute atomic E-state index is 12.5. The number of carbonyl (C=O) groups excluding carboxylic acids is 1. The number of likely N-dealkylation sites (N-methyl/N-ethyl adjacent to an activating group) is 1. The van der Waals surface area contributed by atoms with Crippen LogP contribution in [-0.4, -0.2) is 86.5 Å². The van der Waals surface area contributed by atoms with Crippen molar-refractivity contribution in [3.05, 3.63) is 34.9 Å². The molecule has 2 atom stereocenters. The number of nitrogens with zero attached hydrogens (tertiary/aromatic N) is 2. The summed E-state index contributed by atoms with van der Waals surface area (Å²) < 4.78 is 11.1. The van der Waals surface area contributed by atoms with E-state index in [1.165, 1.54) is 0 Å². The number of carboxylic acid groups (broad SMARTS) is 1. The average molecular weight is 400 g/mol. The number of urea groups is 1. The Hall–Kier alpha value is -1.87. The monoisotopic (exact) mass is 399 g/mol.